The molecule has 1 atom stereocenters. The van der Waals surface area contributed by atoms with Crippen molar-refractivity contribution in [2.24, 2.45) is 5.92 Å². The molecule has 0 spiro atoms. The van der Waals surface area contributed by atoms with Crippen LogP contribution >= 0.6 is 0 Å². The third kappa shape index (κ3) is 4.32. The van der Waals surface area contributed by atoms with Crippen molar-refractivity contribution in [1.82, 2.24) is 25.1 Å². The van der Waals surface area contributed by atoms with Gasteiger partial charge in [-0.05, 0) is 18.9 Å². The van der Waals surface area contributed by atoms with E-state index in [0.29, 0.717) is 16.9 Å². The lowest BCUT2D eigenvalue weighted by Crippen LogP contribution is -2.52. The average Bonchev–Trinajstić information content (AvgIpc) is 3.21. The van der Waals surface area contributed by atoms with Crippen LogP contribution in [0.2, 0.25) is 0 Å². The highest BCUT2D eigenvalue weighted by atomic mass is 19.3. The van der Waals surface area contributed by atoms with Gasteiger partial charge < -0.3 is 15.0 Å². The summed E-state index contributed by atoms with van der Waals surface area (Å²) in [4.78, 5) is 21.5. The number of nitrogens with zero attached hydrogens (tertiary/aromatic N) is 4. The Bertz CT molecular complexity index is 1020. The fraction of sp³-hybridized carbons (Fsp3) is 0.400. The smallest absolute Gasteiger partial charge is 0.410 e. The number of rotatable bonds is 5. The molecule has 4 rings (SSSR count). The molecule has 2 aromatic heterocycles. The third-order valence-electron chi connectivity index (χ3n) is 5.25. The number of aromatic nitrogens is 4. The van der Waals surface area contributed by atoms with Crippen LogP contribution in [0.3, 0.4) is 0 Å². The SMILES string of the molecule is Cc1ccc(COC(=O)N2CCC(CNc3ncnc4[nH]ncc34)C(F)(F)C2)cc1. The molecule has 0 bridgehead atoms. The number of aryl methyl sites for hydroxylation is 1. The molecule has 158 valence electrons. The van der Waals surface area contributed by atoms with Crippen molar-refractivity contribution in [3.8, 4) is 0 Å². The molecule has 1 aliphatic heterocycles. The number of aromatic amines is 1. The molecular weight excluding hydrogens is 394 g/mol. The number of H-pyrrole nitrogens is 1. The summed E-state index contributed by atoms with van der Waals surface area (Å²) in [6, 6.07) is 7.51. The van der Waals surface area contributed by atoms with E-state index >= 15 is 0 Å². The van der Waals surface area contributed by atoms with E-state index in [4.69, 9.17) is 4.74 Å². The molecule has 3 aromatic rings. The zero-order valence-corrected chi connectivity index (χ0v) is 16.4. The number of carbonyl (C=O) groups is 1. The number of anilines is 1. The summed E-state index contributed by atoms with van der Waals surface area (Å²) < 4.78 is 34.6. The lowest BCUT2D eigenvalue weighted by atomic mass is 9.93. The summed E-state index contributed by atoms with van der Waals surface area (Å²) >= 11 is 0. The van der Waals surface area contributed by atoms with E-state index in [-0.39, 0.29) is 26.1 Å². The molecule has 1 amide bonds. The fourth-order valence-corrected chi connectivity index (χ4v) is 3.44. The molecule has 30 heavy (non-hydrogen) atoms. The van der Waals surface area contributed by atoms with E-state index in [1.807, 2.05) is 31.2 Å². The number of hydrogen-bond acceptors (Lipinski definition) is 6. The minimum atomic E-state index is -3.04. The fourth-order valence-electron chi connectivity index (χ4n) is 3.44. The van der Waals surface area contributed by atoms with Gasteiger partial charge in [-0.15, -0.1) is 0 Å². The Balaban J connectivity index is 1.32. The third-order valence-corrected chi connectivity index (χ3v) is 5.25. The van der Waals surface area contributed by atoms with Gasteiger partial charge in [0, 0.05) is 19.0 Å². The van der Waals surface area contributed by atoms with E-state index < -0.39 is 24.5 Å². The van der Waals surface area contributed by atoms with Crippen LogP contribution in [0.15, 0.2) is 36.8 Å². The van der Waals surface area contributed by atoms with Gasteiger partial charge in [-0.3, -0.25) is 5.10 Å². The monoisotopic (exact) mass is 416 g/mol. The first-order valence-corrected chi connectivity index (χ1v) is 9.65. The van der Waals surface area contributed by atoms with Crippen LogP contribution in [0, 0.1) is 12.8 Å². The molecule has 2 N–H and O–H groups in total. The summed E-state index contributed by atoms with van der Waals surface area (Å²) in [5.41, 5.74) is 2.44. The quantitative estimate of drug-likeness (QED) is 0.662. The first-order valence-electron chi connectivity index (χ1n) is 9.65. The minimum Gasteiger partial charge on any atom is -0.445 e. The molecule has 8 nitrogen and oxygen atoms in total. The van der Waals surface area contributed by atoms with Crippen molar-refractivity contribution in [1.29, 1.82) is 0 Å². The Labute approximate surface area is 171 Å². The molecule has 1 aliphatic rings. The van der Waals surface area contributed by atoms with E-state index in [9.17, 15) is 13.6 Å². The van der Waals surface area contributed by atoms with Crippen molar-refractivity contribution >= 4 is 22.9 Å². The molecule has 3 heterocycles. The van der Waals surface area contributed by atoms with Crippen LogP contribution in [0.4, 0.5) is 19.4 Å². The van der Waals surface area contributed by atoms with Gasteiger partial charge in [0.15, 0.2) is 5.65 Å². The molecular formula is C20H22F2N6O2. The van der Waals surface area contributed by atoms with Crippen LogP contribution in [0.25, 0.3) is 11.0 Å². The molecule has 0 radical (unpaired) electrons. The molecule has 0 saturated carbocycles. The number of likely N-dealkylation sites (tertiary alicyclic amines) is 1. The zero-order valence-electron chi connectivity index (χ0n) is 16.4. The van der Waals surface area contributed by atoms with E-state index in [1.54, 1.807) is 6.20 Å². The van der Waals surface area contributed by atoms with Crippen molar-refractivity contribution in [3.63, 3.8) is 0 Å². The number of nitrogens with one attached hydrogen (secondary N) is 2. The van der Waals surface area contributed by atoms with Crippen LogP contribution in [-0.2, 0) is 11.3 Å². The van der Waals surface area contributed by atoms with E-state index in [0.717, 1.165) is 16.0 Å². The lowest BCUT2D eigenvalue weighted by Gasteiger charge is -2.37. The maximum atomic E-state index is 14.7. The van der Waals surface area contributed by atoms with Crippen molar-refractivity contribution in [2.45, 2.75) is 25.9 Å². The number of ether oxygens (including phenoxy) is 1. The Morgan fingerprint density at radius 1 is 1.33 bits per heavy atom. The number of halogens is 2. The number of hydrogen-bond donors (Lipinski definition) is 2. The number of carbonyl (C=O) groups excluding carboxylic acids is 1. The van der Waals surface area contributed by atoms with Gasteiger partial charge in [-0.25, -0.2) is 23.5 Å². The normalized spacial score (nSPS) is 18.4. The molecule has 10 heteroatoms. The number of amides is 1. The Hall–Kier alpha value is -3.30. The number of fused-ring (bicyclic) bond motifs is 1. The Kier molecular flexibility index (Phi) is 5.47. The summed E-state index contributed by atoms with van der Waals surface area (Å²) in [6.45, 7) is 1.58. The van der Waals surface area contributed by atoms with E-state index in [2.05, 4.69) is 25.5 Å². The second-order valence-electron chi connectivity index (χ2n) is 7.44. The lowest BCUT2D eigenvalue weighted by molar-refractivity contribution is -0.101. The van der Waals surface area contributed by atoms with Crippen LogP contribution < -0.4 is 5.32 Å². The predicted octanol–water partition coefficient (Wildman–Crippen LogP) is 3.37. The zero-order chi connectivity index (χ0) is 21.1. The van der Waals surface area contributed by atoms with Gasteiger partial charge >= 0.3 is 6.09 Å². The second kappa shape index (κ2) is 8.21. The molecule has 1 fully saturated rings. The molecule has 1 aromatic carbocycles. The molecule has 0 aliphatic carbocycles. The molecule has 1 saturated heterocycles. The van der Waals surface area contributed by atoms with Crippen LogP contribution in [0.1, 0.15) is 17.5 Å². The average molecular weight is 416 g/mol. The van der Waals surface area contributed by atoms with Crippen LogP contribution in [0.5, 0.6) is 0 Å². The van der Waals surface area contributed by atoms with Gasteiger partial charge in [0.2, 0.25) is 0 Å². The largest absolute Gasteiger partial charge is 0.445 e. The molecule has 1 unspecified atom stereocenters. The number of benzene rings is 1. The number of piperidine rings is 1. The van der Waals surface area contributed by atoms with Gasteiger partial charge in [0.05, 0.1) is 18.1 Å². The summed E-state index contributed by atoms with van der Waals surface area (Å²) in [7, 11) is 0. The van der Waals surface area contributed by atoms with Crippen molar-refractivity contribution in [3.05, 3.63) is 47.9 Å². The minimum absolute atomic E-state index is 0.0244. The highest BCUT2D eigenvalue weighted by molar-refractivity contribution is 5.85. The maximum absolute atomic E-state index is 14.7. The Morgan fingerprint density at radius 3 is 2.90 bits per heavy atom. The first-order chi connectivity index (χ1) is 14.4. The highest BCUT2D eigenvalue weighted by Gasteiger charge is 2.46. The number of alkyl halides is 2. The van der Waals surface area contributed by atoms with Crippen molar-refractivity contribution in [2.75, 3.05) is 25.0 Å². The highest BCUT2D eigenvalue weighted by Crippen LogP contribution is 2.33. The van der Waals surface area contributed by atoms with Crippen LogP contribution in [-0.4, -0.2) is 56.7 Å². The van der Waals surface area contributed by atoms with E-state index in [1.165, 1.54) is 6.33 Å². The first kappa shape index (κ1) is 20.0. The standard InChI is InChI=1S/C20H22F2N6O2/c1-13-2-4-14(5-3-13)10-30-19(29)28-7-6-15(20(21,22)11-28)8-23-17-16-9-26-27-18(16)25-12-24-17/h2-5,9,12,15H,6-8,10-11H2,1H3,(H2,23,24,25,26,27). The summed E-state index contributed by atoms with van der Waals surface area (Å²) in [5.74, 6) is -3.53. The predicted molar refractivity (Wildman–Crippen MR) is 106 cm³/mol. The Morgan fingerprint density at radius 2 is 2.13 bits per heavy atom. The van der Waals surface area contributed by atoms with Gasteiger partial charge in [-0.1, -0.05) is 29.8 Å². The van der Waals surface area contributed by atoms with Gasteiger partial charge in [0.1, 0.15) is 18.8 Å². The maximum Gasteiger partial charge on any atom is 0.410 e. The topological polar surface area (TPSA) is 96.0 Å². The second-order valence-corrected chi connectivity index (χ2v) is 7.44. The van der Waals surface area contributed by atoms with Gasteiger partial charge in [-0.2, -0.15) is 5.10 Å². The summed E-state index contributed by atoms with van der Waals surface area (Å²) in [5, 5.41) is 10.2. The van der Waals surface area contributed by atoms with Crippen molar-refractivity contribution < 1.29 is 18.3 Å². The summed E-state index contributed by atoms with van der Waals surface area (Å²) in [6.07, 6.45) is 2.31. The van der Waals surface area contributed by atoms with Gasteiger partial charge in [0.25, 0.3) is 5.92 Å².